The Morgan fingerprint density at radius 3 is 2.80 bits per heavy atom. The molecular formula is C13H13N3O4. The van der Waals surface area contributed by atoms with Crippen molar-refractivity contribution in [1.82, 2.24) is 10.3 Å². The molecule has 20 heavy (non-hydrogen) atoms. The highest BCUT2D eigenvalue weighted by Gasteiger charge is 2.09. The van der Waals surface area contributed by atoms with Gasteiger partial charge in [0, 0.05) is 6.07 Å². The van der Waals surface area contributed by atoms with E-state index in [4.69, 9.17) is 9.15 Å². The number of carbonyl (C=O) groups is 2. The van der Waals surface area contributed by atoms with Crippen molar-refractivity contribution < 1.29 is 18.7 Å². The van der Waals surface area contributed by atoms with Crippen LogP contribution in [-0.4, -0.2) is 30.5 Å². The monoisotopic (exact) mass is 275 g/mol. The van der Waals surface area contributed by atoms with E-state index < -0.39 is 0 Å². The molecule has 0 spiro atoms. The van der Waals surface area contributed by atoms with Crippen molar-refractivity contribution in [3.63, 3.8) is 0 Å². The molecule has 0 unspecified atom stereocenters. The molecule has 0 aliphatic carbocycles. The van der Waals surface area contributed by atoms with Crippen LogP contribution in [0.25, 0.3) is 0 Å². The van der Waals surface area contributed by atoms with Gasteiger partial charge in [0.15, 0.2) is 0 Å². The molecule has 0 saturated carbocycles. The first-order chi connectivity index (χ1) is 9.69. The number of aromatic nitrogens is 1. The highest BCUT2D eigenvalue weighted by molar-refractivity contribution is 5.99. The molecule has 0 aliphatic rings. The Kier molecular flexibility index (Phi) is 4.33. The third-order valence-corrected chi connectivity index (χ3v) is 2.42. The van der Waals surface area contributed by atoms with E-state index in [-0.39, 0.29) is 18.4 Å². The van der Waals surface area contributed by atoms with Gasteiger partial charge in [-0.2, -0.15) is 0 Å². The molecule has 2 heterocycles. The predicted molar refractivity (Wildman–Crippen MR) is 70.5 cm³/mol. The first-order valence-electron chi connectivity index (χ1n) is 5.79. The van der Waals surface area contributed by atoms with Crippen molar-refractivity contribution in [2.45, 2.75) is 0 Å². The summed E-state index contributed by atoms with van der Waals surface area (Å²) >= 11 is 0. The zero-order chi connectivity index (χ0) is 14.4. The summed E-state index contributed by atoms with van der Waals surface area (Å²) in [5.41, 5.74) is 0.886. The Morgan fingerprint density at radius 2 is 2.20 bits per heavy atom. The van der Waals surface area contributed by atoms with E-state index >= 15 is 0 Å². The van der Waals surface area contributed by atoms with E-state index in [2.05, 4.69) is 15.6 Å². The number of amides is 2. The molecule has 7 nitrogen and oxygen atoms in total. The molecule has 2 N–H and O–H groups in total. The number of furan rings is 1. The molecule has 0 bridgehead atoms. The van der Waals surface area contributed by atoms with Gasteiger partial charge in [0.25, 0.3) is 5.91 Å². The van der Waals surface area contributed by atoms with Crippen LogP contribution in [0.2, 0.25) is 0 Å². The van der Waals surface area contributed by atoms with Crippen molar-refractivity contribution in [1.29, 1.82) is 0 Å². The van der Waals surface area contributed by atoms with E-state index in [1.165, 1.54) is 31.9 Å². The minimum atomic E-state index is -0.373. The van der Waals surface area contributed by atoms with E-state index in [1.807, 2.05) is 0 Å². The van der Waals surface area contributed by atoms with E-state index in [9.17, 15) is 9.59 Å². The molecule has 0 fully saturated rings. The second-order valence-corrected chi connectivity index (χ2v) is 3.83. The topological polar surface area (TPSA) is 93.5 Å². The molecular weight excluding hydrogens is 262 g/mol. The number of carbonyl (C=O) groups excluding carboxylic acids is 2. The number of nitrogens with zero attached hydrogens (tertiary/aromatic N) is 1. The Labute approximate surface area is 114 Å². The fourth-order valence-electron chi connectivity index (χ4n) is 1.44. The highest BCUT2D eigenvalue weighted by Crippen LogP contribution is 2.10. The summed E-state index contributed by atoms with van der Waals surface area (Å²) in [6.07, 6.45) is 4.16. The predicted octanol–water partition coefficient (Wildman–Crippen LogP) is 1.05. The number of nitrogens with one attached hydrogen (secondary N) is 2. The number of hydrogen-bond acceptors (Lipinski definition) is 5. The molecule has 2 aromatic rings. The molecule has 0 aromatic carbocycles. The average molecular weight is 275 g/mol. The maximum atomic E-state index is 11.6. The molecule has 104 valence electrons. The van der Waals surface area contributed by atoms with E-state index in [0.29, 0.717) is 17.1 Å². The first kappa shape index (κ1) is 13.6. The van der Waals surface area contributed by atoms with Gasteiger partial charge in [0.05, 0.1) is 37.4 Å². The van der Waals surface area contributed by atoms with Crippen molar-refractivity contribution in [3.05, 3.63) is 42.5 Å². The summed E-state index contributed by atoms with van der Waals surface area (Å²) in [6.45, 7) is -0.143. The highest BCUT2D eigenvalue weighted by atomic mass is 16.5. The van der Waals surface area contributed by atoms with Gasteiger partial charge in [0.1, 0.15) is 6.26 Å². The van der Waals surface area contributed by atoms with Crippen LogP contribution in [0.15, 0.2) is 41.3 Å². The Morgan fingerprint density at radius 1 is 1.35 bits per heavy atom. The van der Waals surface area contributed by atoms with Crippen LogP contribution in [0.5, 0.6) is 5.88 Å². The molecule has 2 amide bonds. The lowest BCUT2D eigenvalue weighted by molar-refractivity contribution is -0.115. The molecule has 0 saturated heterocycles. The average Bonchev–Trinajstić information content (AvgIpc) is 3.00. The number of ether oxygens (including phenoxy) is 1. The van der Waals surface area contributed by atoms with Gasteiger partial charge in [-0.05, 0) is 12.1 Å². The molecule has 0 atom stereocenters. The minimum absolute atomic E-state index is 0.143. The van der Waals surface area contributed by atoms with E-state index in [1.54, 1.807) is 12.1 Å². The molecule has 0 radical (unpaired) electrons. The summed E-state index contributed by atoms with van der Waals surface area (Å²) in [6, 6.07) is 4.79. The Hall–Kier alpha value is -2.83. The van der Waals surface area contributed by atoms with Crippen LogP contribution in [-0.2, 0) is 4.79 Å². The normalized spacial score (nSPS) is 9.85. The van der Waals surface area contributed by atoms with Crippen molar-refractivity contribution in [2.75, 3.05) is 19.0 Å². The lowest BCUT2D eigenvalue weighted by Crippen LogP contribution is -2.32. The Bertz CT molecular complexity index is 578. The van der Waals surface area contributed by atoms with Crippen LogP contribution in [0, 0.1) is 0 Å². The van der Waals surface area contributed by atoms with Crippen LogP contribution >= 0.6 is 0 Å². The lowest BCUT2D eigenvalue weighted by Gasteiger charge is -2.06. The lowest BCUT2D eigenvalue weighted by atomic mass is 10.3. The van der Waals surface area contributed by atoms with Crippen LogP contribution < -0.4 is 15.4 Å². The van der Waals surface area contributed by atoms with Crippen LogP contribution in [0.3, 0.4) is 0 Å². The Balaban J connectivity index is 1.81. The number of rotatable bonds is 5. The van der Waals surface area contributed by atoms with Crippen LogP contribution in [0.4, 0.5) is 5.69 Å². The summed E-state index contributed by atoms with van der Waals surface area (Å²) in [5.74, 6) is -0.271. The largest absolute Gasteiger partial charge is 0.481 e. The number of hydrogen-bond donors (Lipinski definition) is 2. The van der Waals surface area contributed by atoms with Gasteiger partial charge >= 0.3 is 0 Å². The minimum Gasteiger partial charge on any atom is -0.481 e. The number of pyridine rings is 1. The summed E-state index contributed by atoms with van der Waals surface area (Å²) in [5, 5.41) is 5.07. The first-order valence-corrected chi connectivity index (χ1v) is 5.79. The SMILES string of the molecule is COc1ccc(NC(=O)CNC(=O)c2ccoc2)cn1. The maximum absolute atomic E-state index is 11.6. The van der Waals surface area contributed by atoms with Crippen molar-refractivity contribution in [2.24, 2.45) is 0 Å². The van der Waals surface area contributed by atoms with Gasteiger partial charge in [0.2, 0.25) is 11.8 Å². The number of anilines is 1. The van der Waals surface area contributed by atoms with Crippen LogP contribution in [0.1, 0.15) is 10.4 Å². The molecule has 2 aromatic heterocycles. The smallest absolute Gasteiger partial charge is 0.254 e. The van der Waals surface area contributed by atoms with Crippen molar-refractivity contribution in [3.8, 4) is 5.88 Å². The quantitative estimate of drug-likeness (QED) is 0.850. The van der Waals surface area contributed by atoms with Gasteiger partial charge in [-0.1, -0.05) is 0 Å². The summed E-state index contributed by atoms with van der Waals surface area (Å²) < 4.78 is 9.68. The van der Waals surface area contributed by atoms with Crippen molar-refractivity contribution >= 4 is 17.5 Å². The summed E-state index contributed by atoms with van der Waals surface area (Å²) in [4.78, 5) is 27.1. The second-order valence-electron chi connectivity index (χ2n) is 3.83. The summed E-state index contributed by atoms with van der Waals surface area (Å²) in [7, 11) is 1.51. The van der Waals surface area contributed by atoms with Gasteiger partial charge < -0.3 is 19.8 Å². The third-order valence-electron chi connectivity index (χ3n) is 2.42. The zero-order valence-electron chi connectivity index (χ0n) is 10.8. The fourth-order valence-corrected chi connectivity index (χ4v) is 1.44. The van der Waals surface area contributed by atoms with Gasteiger partial charge in [-0.15, -0.1) is 0 Å². The third kappa shape index (κ3) is 3.58. The fraction of sp³-hybridized carbons (Fsp3) is 0.154. The standard InChI is InChI=1S/C13H13N3O4/c1-19-12-3-2-10(6-14-12)16-11(17)7-15-13(18)9-4-5-20-8-9/h2-6,8H,7H2,1H3,(H,15,18)(H,16,17). The molecule has 0 aliphatic heterocycles. The second kappa shape index (κ2) is 6.37. The maximum Gasteiger partial charge on any atom is 0.254 e. The van der Waals surface area contributed by atoms with Gasteiger partial charge in [-0.3, -0.25) is 9.59 Å². The van der Waals surface area contributed by atoms with E-state index in [0.717, 1.165) is 0 Å². The molecule has 2 rings (SSSR count). The number of methoxy groups -OCH3 is 1. The molecule has 7 heteroatoms. The van der Waals surface area contributed by atoms with Gasteiger partial charge in [-0.25, -0.2) is 4.98 Å². The zero-order valence-corrected chi connectivity index (χ0v) is 10.8.